The van der Waals surface area contributed by atoms with E-state index in [1.54, 1.807) is 4.90 Å². The number of ether oxygens (including phenoxy) is 1. The third-order valence-electron chi connectivity index (χ3n) is 6.52. The Kier molecular flexibility index (Phi) is 4.48. The number of cyclic esters (lactones) is 1. The van der Waals surface area contributed by atoms with Crippen molar-refractivity contribution in [3.63, 3.8) is 0 Å². The van der Waals surface area contributed by atoms with Gasteiger partial charge in [0, 0.05) is 37.0 Å². The van der Waals surface area contributed by atoms with Gasteiger partial charge in [-0.2, -0.15) is 0 Å². The lowest BCUT2D eigenvalue weighted by Gasteiger charge is -2.27. The Hall–Kier alpha value is -2.58. The third-order valence-corrected chi connectivity index (χ3v) is 6.52. The summed E-state index contributed by atoms with van der Waals surface area (Å²) >= 11 is 0. The van der Waals surface area contributed by atoms with Gasteiger partial charge in [-0.05, 0) is 18.1 Å². The minimum absolute atomic E-state index is 0.0455. The molecule has 8 heteroatoms. The zero-order chi connectivity index (χ0) is 20.0. The van der Waals surface area contributed by atoms with Crippen molar-refractivity contribution in [1.82, 2.24) is 14.7 Å². The van der Waals surface area contributed by atoms with E-state index in [9.17, 15) is 14.7 Å². The molecule has 3 aliphatic rings. The van der Waals surface area contributed by atoms with E-state index in [4.69, 9.17) is 9.15 Å². The van der Waals surface area contributed by atoms with Gasteiger partial charge >= 0.3 is 6.09 Å². The lowest BCUT2D eigenvalue weighted by atomic mass is 9.82. The maximum atomic E-state index is 12.7. The highest BCUT2D eigenvalue weighted by atomic mass is 16.6. The summed E-state index contributed by atoms with van der Waals surface area (Å²) in [6.07, 6.45) is -0.424. The molecule has 0 bridgehead atoms. The molecule has 2 atom stereocenters. The normalized spacial score (nSPS) is 27.1. The molecule has 1 N–H and O–H groups in total. The molecule has 0 aliphatic carbocycles. The molecule has 2 unspecified atom stereocenters. The van der Waals surface area contributed by atoms with Gasteiger partial charge in [-0.25, -0.2) is 4.79 Å². The average Bonchev–Trinajstić information content (AvgIpc) is 3.44. The van der Waals surface area contributed by atoms with Crippen molar-refractivity contribution in [2.75, 3.05) is 52.5 Å². The van der Waals surface area contributed by atoms with Crippen LogP contribution in [0, 0.1) is 11.3 Å². The summed E-state index contributed by atoms with van der Waals surface area (Å²) in [6, 6.07) is 10.0. The van der Waals surface area contributed by atoms with Crippen LogP contribution < -0.4 is 0 Å². The molecule has 0 saturated carbocycles. The fraction of sp³-hybridized carbons (Fsp3) is 0.524. The Morgan fingerprint density at radius 3 is 2.83 bits per heavy atom. The first-order valence-electron chi connectivity index (χ1n) is 10.1. The summed E-state index contributed by atoms with van der Waals surface area (Å²) in [7, 11) is 0. The quantitative estimate of drug-likeness (QED) is 0.812. The van der Waals surface area contributed by atoms with E-state index in [2.05, 4.69) is 11.0 Å². The number of rotatable bonds is 5. The first kappa shape index (κ1) is 18.4. The van der Waals surface area contributed by atoms with E-state index in [0.29, 0.717) is 32.8 Å². The monoisotopic (exact) mass is 399 g/mol. The second-order valence-corrected chi connectivity index (χ2v) is 8.45. The van der Waals surface area contributed by atoms with Crippen LogP contribution in [0.4, 0.5) is 4.79 Å². The molecule has 154 valence electrons. The van der Waals surface area contributed by atoms with Gasteiger partial charge in [-0.15, -0.1) is 0 Å². The molecule has 4 heterocycles. The predicted molar refractivity (Wildman–Crippen MR) is 104 cm³/mol. The molecule has 0 radical (unpaired) electrons. The Balaban J connectivity index is 1.23. The number of amides is 2. The van der Waals surface area contributed by atoms with Crippen molar-refractivity contribution in [2.24, 2.45) is 11.3 Å². The highest BCUT2D eigenvalue weighted by Crippen LogP contribution is 2.42. The fourth-order valence-corrected chi connectivity index (χ4v) is 4.99. The largest absolute Gasteiger partial charge is 0.460 e. The number of hydrogen-bond acceptors (Lipinski definition) is 6. The van der Waals surface area contributed by atoms with Crippen LogP contribution in [0.2, 0.25) is 0 Å². The number of aliphatic hydroxyl groups excluding tert-OH is 1. The number of aliphatic hydroxyl groups is 1. The molecule has 1 aromatic heterocycles. The number of benzene rings is 1. The molecule has 1 aromatic carbocycles. The Bertz CT molecular complexity index is 910. The summed E-state index contributed by atoms with van der Waals surface area (Å²) < 4.78 is 10.8. The van der Waals surface area contributed by atoms with Crippen molar-refractivity contribution in [3.8, 4) is 0 Å². The molecule has 2 amide bonds. The van der Waals surface area contributed by atoms with E-state index < -0.39 is 6.09 Å². The van der Waals surface area contributed by atoms with Gasteiger partial charge in [0.05, 0.1) is 19.7 Å². The van der Waals surface area contributed by atoms with Crippen LogP contribution in [0.1, 0.15) is 5.76 Å². The van der Waals surface area contributed by atoms with E-state index in [1.165, 1.54) is 4.90 Å². The first-order chi connectivity index (χ1) is 14.1. The number of carbonyl (C=O) groups excluding carboxylic acids is 2. The Labute approximate surface area is 168 Å². The summed E-state index contributed by atoms with van der Waals surface area (Å²) in [6.45, 7) is 4.25. The topological polar surface area (TPSA) is 86.5 Å². The SMILES string of the molecule is O=C(CN1CCOC1=O)N1CC2CN(Cc3cc4ccccc4o3)CC2(CO)C1. The number of para-hydroxylation sites is 1. The van der Waals surface area contributed by atoms with Gasteiger partial charge in [0.2, 0.25) is 5.91 Å². The highest BCUT2D eigenvalue weighted by molar-refractivity contribution is 5.83. The number of nitrogens with zero attached hydrogens (tertiary/aromatic N) is 3. The fourth-order valence-electron chi connectivity index (χ4n) is 4.99. The first-order valence-corrected chi connectivity index (χ1v) is 10.1. The zero-order valence-electron chi connectivity index (χ0n) is 16.2. The van der Waals surface area contributed by atoms with Gasteiger partial charge in [0.1, 0.15) is 24.5 Å². The summed E-state index contributed by atoms with van der Waals surface area (Å²) in [4.78, 5) is 29.8. The van der Waals surface area contributed by atoms with Crippen LogP contribution in [0.15, 0.2) is 34.7 Å². The van der Waals surface area contributed by atoms with E-state index in [1.807, 2.05) is 24.3 Å². The third kappa shape index (κ3) is 3.26. The zero-order valence-corrected chi connectivity index (χ0v) is 16.2. The smallest absolute Gasteiger partial charge is 0.410 e. The number of hydrogen-bond donors (Lipinski definition) is 1. The molecule has 29 heavy (non-hydrogen) atoms. The molecule has 8 nitrogen and oxygen atoms in total. The lowest BCUT2D eigenvalue weighted by molar-refractivity contribution is -0.131. The Morgan fingerprint density at radius 2 is 2.10 bits per heavy atom. The van der Waals surface area contributed by atoms with Crippen molar-refractivity contribution >= 4 is 23.0 Å². The van der Waals surface area contributed by atoms with Crippen LogP contribution in [0.3, 0.4) is 0 Å². The minimum atomic E-state index is -0.424. The summed E-state index contributed by atoms with van der Waals surface area (Å²) in [5.41, 5.74) is 0.573. The molecule has 2 aromatic rings. The Morgan fingerprint density at radius 1 is 1.24 bits per heavy atom. The van der Waals surface area contributed by atoms with Crippen LogP contribution in [0.25, 0.3) is 11.0 Å². The molecular weight excluding hydrogens is 374 g/mol. The standard InChI is InChI=1S/C21H25N3O5/c25-14-21-12-22(10-17-7-15-3-1-2-4-18(15)29-17)8-16(21)9-24(13-21)19(26)11-23-5-6-28-20(23)27/h1-4,7,16,25H,5-6,8-14H2. The molecule has 3 saturated heterocycles. The van der Waals surface area contributed by atoms with Crippen molar-refractivity contribution in [2.45, 2.75) is 6.54 Å². The summed E-state index contributed by atoms with van der Waals surface area (Å²) in [5.74, 6) is 1.06. The number of carbonyl (C=O) groups is 2. The van der Waals surface area contributed by atoms with E-state index >= 15 is 0 Å². The highest BCUT2D eigenvalue weighted by Gasteiger charge is 2.53. The number of furan rings is 1. The molecular formula is C21H25N3O5. The van der Waals surface area contributed by atoms with Crippen molar-refractivity contribution < 1.29 is 23.8 Å². The number of fused-ring (bicyclic) bond motifs is 2. The second kappa shape index (κ2) is 7.03. The molecule has 3 aliphatic heterocycles. The molecule has 3 fully saturated rings. The molecule has 0 spiro atoms. The van der Waals surface area contributed by atoms with Gasteiger partial charge in [-0.1, -0.05) is 18.2 Å². The lowest BCUT2D eigenvalue weighted by Crippen LogP contribution is -2.43. The van der Waals surface area contributed by atoms with Gasteiger partial charge in [-0.3, -0.25) is 14.6 Å². The predicted octanol–water partition coefficient (Wildman–Crippen LogP) is 1.14. The second-order valence-electron chi connectivity index (χ2n) is 8.45. The van der Waals surface area contributed by atoms with E-state index in [0.717, 1.165) is 29.8 Å². The number of likely N-dealkylation sites (tertiary alicyclic amines) is 2. The van der Waals surface area contributed by atoms with Gasteiger partial charge in [0.15, 0.2) is 0 Å². The van der Waals surface area contributed by atoms with Crippen LogP contribution in [0.5, 0.6) is 0 Å². The van der Waals surface area contributed by atoms with Crippen LogP contribution >= 0.6 is 0 Å². The van der Waals surface area contributed by atoms with Crippen LogP contribution in [-0.2, 0) is 16.1 Å². The van der Waals surface area contributed by atoms with Gasteiger partial charge < -0.3 is 19.2 Å². The molecule has 5 rings (SSSR count). The van der Waals surface area contributed by atoms with Gasteiger partial charge in [0.25, 0.3) is 0 Å². The van der Waals surface area contributed by atoms with Crippen molar-refractivity contribution in [1.29, 1.82) is 0 Å². The van der Waals surface area contributed by atoms with E-state index in [-0.39, 0.29) is 30.4 Å². The average molecular weight is 399 g/mol. The minimum Gasteiger partial charge on any atom is -0.460 e. The maximum absolute atomic E-state index is 12.7. The summed E-state index contributed by atoms with van der Waals surface area (Å²) in [5, 5.41) is 11.3. The van der Waals surface area contributed by atoms with Crippen molar-refractivity contribution in [3.05, 3.63) is 36.1 Å². The van der Waals surface area contributed by atoms with Crippen LogP contribution in [-0.4, -0.2) is 84.3 Å². The maximum Gasteiger partial charge on any atom is 0.410 e.